The molecule has 0 saturated carbocycles. The summed E-state index contributed by atoms with van der Waals surface area (Å²) in [4.78, 5) is 15.5. The highest BCUT2D eigenvalue weighted by atomic mass is 32.1. The van der Waals surface area contributed by atoms with Crippen LogP contribution in [0.2, 0.25) is 18.1 Å². The Morgan fingerprint density at radius 1 is 1.50 bits per heavy atom. The number of carbonyl (C=O) groups excluding carboxylic acids is 1. The van der Waals surface area contributed by atoms with E-state index in [1.165, 1.54) is 11.3 Å². The summed E-state index contributed by atoms with van der Waals surface area (Å²) in [5.74, 6) is 0. The van der Waals surface area contributed by atoms with Crippen molar-refractivity contribution in [3.8, 4) is 0 Å². The van der Waals surface area contributed by atoms with Crippen LogP contribution in [-0.4, -0.2) is 19.6 Å². The van der Waals surface area contributed by atoms with Gasteiger partial charge in [0, 0.05) is 11.1 Å². The second kappa shape index (κ2) is 4.77. The summed E-state index contributed by atoms with van der Waals surface area (Å²) in [6, 6.07) is 0. The van der Waals surface area contributed by atoms with Crippen molar-refractivity contribution in [3.05, 3.63) is 16.1 Å². The highest BCUT2D eigenvalue weighted by molar-refractivity contribution is 7.13. The Morgan fingerprint density at radius 3 is 2.56 bits per heavy atom. The van der Waals surface area contributed by atoms with Crippen LogP contribution < -0.4 is 0 Å². The topological polar surface area (TPSA) is 39.2 Å². The summed E-state index contributed by atoms with van der Waals surface area (Å²) in [5, 5.41) is 0.736. The van der Waals surface area contributed by atoms with Gasteiger partial charge in [0.1, 0.15) is 0 Å². The highest BCUT2D eigenvalue weighted by Crippen LogP contribution is 2.37. The van der Waals surface area contributed by atoms with Crippen molar-refractivity contribution in [2.24, 2.45) is 0 Å². The van der Waals surface area contributed by atoms with Crippen molar-refractivity contribution in [1.29, 1.82) is 0 Å². The molecule has 16 heavy (non-hydrogen) atoms. The number of hydrogen-bond donors (Lipinski definition) is 0. The van der Waals surface area contributed by atoms with E-state index in [0.717, 1.165) is 11.2 Å². The molecule has 0 aromatic carbocycles. The number of nitrogens with zero attached hydrogens (tertiary/aromatic N) is 1. The van der Waals surface area contributed by atoms with Crippen LogP contribution in [0, 0.1) is 0 Å². The van der Waals surface area contributed by atoms with E-state index in [1.54, 1.807) is 6.20 Å². The Balaban J connectivity index is 2.61. The van der Waals surface area contributed by atoms with Gasteiger partial charge in [0.25, 0.3) is 0 Å². The Bertz CT molecular complexity index is 368. The van der Waals surface area contributed by atoms with Crippen molar-refractivity contribution in [1.82, 2.24) is 4.98 Å². The van der Waals surface area contributed by atoms with Crippen LogP contribution in [0.5, 0.6) is 0 Å². The molecule has 0 atom stereocenters. The fraction of sp³-hybridized carbons (Fsp3) is 0.636. The molecule has 0 fully saturated rings. The molecule has 0 bridgehead atoms. The Kier molecular flexibility index (Phi) is 4.04. The van der Waals surface area contributed by atoms with Crippen LogP contribution in [-0.2, 0) is 11.0 Å². The van der Waals surface area contributed by atoms with Crippen LogP contribution in [0.15, 0.2) is 6.20 Å². The fourth-order valence-corrected chi connectivity index (χ4v) is 2.61. The lowest BCUT2D eigenvalue weighted by Crippen LogP contribution is -2.40. The molecule has 0 saturated heterocycles. The van der Waals surface area contributed by atoms with Gasteiger partial charge in [-0.2, -0.15) is 0 Å². The molecule has 1 aromatic heterocycles. The quantitative estimate of drug-likeness (QED) is 0.612. The van der Waals surface area contributed by atoms with E-state index in [0.29, 0.717) is 11.6 Å². The van der Waals surface area contributed by atoms with Gasteiger partial charge in [-0.3, -0.25) is 4.79 Å². The second-order valence-electron chi connectivity index (χ2n) is 5.33. The molecule has 5 heteroatoms. The average Bonchev–Trinajstić information content (AvgIpc) is 2.60. The third-order valence-electron chi connectivity index (χ3n) is 3.05. The molecule has 0 spiro atoms. The number of aldehydes is 1. The molecule has 1 aromatic rings. The van der Waals surface area contributed by atoms with Gasteiger partial charge in [-0.05, 0) is 18.1 Å². The van der Waals surface area contributed by atoms with Crippen molar-refractivity contribution in [2.45, 2.75) is 45.5 Å². The molecule has 1 rings (SSSR count). The molecular weight excluding hydrogens is 238 g/mol. The van der Waals surface area contributed by atoms with Gasteiger partial charge < -0.3 is 4.43 Å². The summed E-state index contributed by atoms with van der Waals surface area (Å²) in [6.45, 7) is 11.6. The highest BCUT2D eigenvalue weighted by Gasteiger charge is 2.37. The molecule has 0 radical (unpaired) electrons. The van der Waals surface area contributed by atoms with Gasteiger partial charge in [0.15, 0.2) is 19.6 Å². The minimum absolute atomic E-state index is 0.213. The van der Waals surface area contributed by atoms with Crippen LogP contribution in [0.3, 0.4) is 0 Å². The van der Waals surface area contributed by atoms with E-state index >= 15 is 0 Å². The number of carbonyl (C=O) groups is 1. The van der Waals surface area contributed by atoms with E-state index in [9.17, 15) is 4.79 Å². The van der Waals surface area contributed by atoms with Crippen LogP contribution >= 0.6 is 11.3 Å². The maximum absolute atomic E-state index is 10.5. The van der Waals surface area contributed by atoms with E-state index in [-0.39, 0.29) is 5.04 Å². The summed E-state index contributed by atoms with van der Waals surface area (Å²) in [6.07, 6.45) is 2.50. The Labute approximate surface area is 102 Å². The number of thiazole rings is 1. The Morgan fingerprint density at radius 2 is 2.12 bits per heavy atom. The summed E-state index contributed by atoms with van der Waals surface area (Å²) in [5.41, 5.74) is 0. The zero-order valence-electron chi connectivity index (χ0n) is 10.5. The van der Waals surface area contributed by atoms with Crippen molar-refractivity contribution in [2.75, 3.05) is 0 Å². The molecule has 0 N–H and O–H groups in total. The fourth-order valence-electron chi connectivity index (χ4n) is 0.912. The number of rotatable bonds is 4. The van der Waals surface area contributed by atoms with Gasteiger partial charge >= 0.3 is 0 Å². The largest absolute Gasteiger partial charge is 0.412 e. The van der Waals surface area contributed by atoms with Crippen molar-refractivity contribution in [3.63, 3.8) is 0 Å². The summed E-state index contributed by atoms with van der Waals surface area (Å²) < 4.78 is 6.03. The first-order valence-corrected chi connectivity index (χ1v) is 9.02. The van der Waals surface area contributed by atoms with E-state index in [2.05, 4.69) is 38.8 Å². The predicted octanol–water partition coefficient (Wildman–Crippen LogP) is 3.48. The maximum Gasteiger partial charge on any atom is 0.192 e. The minimum atomic E-state index is -1.70. The number of hydrogen-bond acceptors (Lipinski definition) is 4. The Hall–Kier alpha value is -0.523. The smallest absolute Gasteiger partial charge is 0.192 e. The predicted molar refractivity (Wildman–Crippen MR) is 69.5 cm³/mol. The standard InChI is InChI=1S/C11H19NO2SSi/c1-11(2,3)16(4,5)14-8-9-6-12-10(7-13)15-9/h6-7H,8H2,1-5H3. The van der Waals surface area contributed by atoms with E-state index in [4.69, 9.17) is 4.43 Å². The van der Waals surface area contributed by atoms with Gasteiger partial charge in [0.05, 0.1) is 6.61 Å². The molecule has 3 nitrogen and oxygen atoms in total. The lowest BCUT2D eigenvalue weighted by atomic mass is 10.2. The normalized spacial score (nSPS) is 12.8. The molecule has 1 heterocycles. The van der Waals surface area contributed by atoms with Crippen molar-refractivity contribution < 1.29 is 9.22 Å². The lowest BCUT2D eigenvalue weighted by molar-refractivity contribution is 0.112. The molecule has 0 unspecified atom stereocenters. The van der Waals surface area contributed by atoms with Gasteiger partial charge in [-0.15, -0.1) is 11.3 Å². The third-order valence-corrected chi connectivity index (χ3v) is 8.43. The zero-order valence-corrected chi connectivity index (χ0v) is 12.4. The maximum atomic E-state index is 10.5. The van der Waals surface area contributed by atoms with Crippen molar-refractivity contribution >= 4 is 25.9 Å². The van der Waals surface area contributed by atoms with Gasteiger partial charge in [-0.1, -0.05) is 20.8 Å². The molecule has 90 valence electrons. The molecule has 0 amide bonds. The van der Waals surface area contributed by atoms with Gasteiger partial charge in [0.2, 0.25) is 0 Å². The average molecular weight is 257 g/mol. The number of aromatic nitrogens is 1. The van der Waals surface area contributed by atoms with E-state index in [1.807, 2.05) is 0 Å². The van der Waals surface area contributed by atoms with Crippen LogP contribution in [0.4, 0.5) is 0 Å². The van der Waals surface area contributed by atoms with Crippen LogP contribution in [0.1, 0.15) is 35.5 Å². The first-order valence-electron chi connectivity index (χ1n) is 5.30. The molecule has 0 aliphatic heterocycles. The first kappa shape index (κ1) is 13.5. The summed E-state index contributed by atoms with van der Waals surface area (Å²) in [7, 11) is -1.70. The monoisotopic (exact) mass is 257 g/mol. The SMILES string of the molecule is CC(C)(C)[Si](C)(C)OCc1cnc(C=O)s1. The molecular formula is C11H19NO2SSi. The van der Waals surface area contributed by atoms with Crippen LogP contribution in [0.25, 0.3) is 0 Å². The third kappa shape index (κ3) is 3.23. The first-order chi connectivity index (χ1) is 7.26. The van der Waals surface area contributed by atoms with Gasteiger partial charge in [-0.25, -0.2) is 4.98 Å². The minimum Gasteiger partial charge on any atom is -0.412 e. The second-order valence-corrected chi connectivity index (χ2v) is 11.3. The molecule has 0 aliphatic rings. The zero-order chi connectivity index (χ0) is 12.4. The van der Waals surface area contributed by atoms with E-state index < -0.39 is 8.32 Å². The molecule has 0 aliphatic carbocycles. The summed E-state index contributed by atoms with van der Waals surface area (Å²) >= 11 is 1.40. The lowest BCUT2D eigenvalue weighted by Gasteiger charge is -2.35.